The summed E-state index contributed by atoms with van der Waals surface area (Å²) in [6.45, 7) is 2.46. The Hall–Kier alpha value is -1.21. The smallest absolute Gasteiger partial charge is 0.184 e. The van der Waals surface area contributed by atoms with Crippen molar-refractivity contribution in [1.29, 1.82) is 0 Å². The number of halogens is 2. The van der Waals surface area contributed by atoms with Crippen LogP contribution in [0.15, 0.2) is 17.0 Å². The standard InChI is InChI=1S/C11H15F2NO3S/c1-2-17-4-3-5-18(15,16)11-9(12)6-8(14)7-10(11)13/h6-7H,2-5,14H2,1H3. The third-order valence-electron chi connectivity index (χ3n) is 2.24. The molecular weight excluding hydrogens is 264 g/mol. The highest BCUT2D eigenvalue weighted by atomic mass is 32.2. The van der Waals surface area contributed by atoms with Gasteiger partial charge in [-0.25, -0.2) is 17.2 Å². The highest BCUT2D eigenvalue weighted by Gasteiger charge is 2.24. The van der Waals surface area contributed by atoms with Gasteiger partial charge in [-0.05, 0) is 25.5 Å². The summed E-state index contributed by atoms with van der Waals surface area (Å²) >= 11 is 0. The number of anilines is 1. The molecule has 0 saturated carbocycles. The minimum Gasteiger partial charge on any atom is -0.399 e. The molecule has 7 heteroatoms. The second-order valence-corrected chi connectivity index (χ2v) is 5.73. The summed E-state index contributed by atoms with van der Waals surface area (Å²) in [7, 11) is -4.00. The van der Waals surface area contributed by atoms with Gasteiger partial charge < -0.3 is 10.5 Å². The third-order valence-corrected chi connectivity index (χ3v) is 4.08. The normalized spacial score (nSPS) is 11.7. The predicted octanol–water partition coefficient (Wildman–Crippen LogP) is 1.75. The van der Waals surface area contributed by atoms with Crippen molar-refractivity contribution in [2.24, 2.45) is 0 Å². The molecular formula is C11H15F2NO3S. The van der Waals surface area contributed by atoms with E-state index in [1.165, 1.54) is 0 Å². The van der Waals surface area contributed by atoms with Crippen molar-refractivity contribution < 1.29 is 21.9 Å². The molecule has 4 nitrogen and oxygen atoms in total. The van der Waals surface area contributed by atoms with Crippen molar-refractivity contribution in [2.45, 2.75) is 18.2 Å². The van der Waals surface area contributed by atoms with Crippen LogP contribution in [0.5, 0.6) is 0 Å². The molecule has 1 aromatic carbocycles. The summed E-state index contributed by atoms with van der Waals surface area (Å²) < 4.78 is 55.4. The molecule has 0 heterocycles. The molecule has 1 aromatic rings. The summed E-state index contributed by atoms with van der Waals surface area (Å²) in [4.78, 5) is -0.923. The SMILES string of the molecule is CCOCCCS(=O)(=O)c1c(F)cc(N)cc1F. The summed E-state index contributed by atoms with van der Waals surface area (Å²) in [6.07, 6.45) is 0.180. The number of hydrogen-bond donors (Lipinski definition) is 1. The van der Waals surface area contributed by atoms with Crippen molar-refractivity contribution >= 4 is 15.5 Å². The molecule has 0 aliphatic heterocycles. The van der Waals surface area contributed by atoms with E-state index in [-0.39, 0.29) is 24.5 Å². The molecule has 0 unspecified atom stereocenters. The van der Waals surface area contributed by atoms with Gasteiger partial charge in [0, 0.05) is 18.9 Å². The number of sulfone groups is 1. The average Bonchev–Trinajstić information content (AvgIpc) is 2.22. The van der Waals surface area contributed by atoms with Crippen LogP contribution in [0.4, 0.5) is 14.5 Å². The van der Waals surface area contributed by atoms with Gasteiger partial charge in [0.25, 0.3) is 0 Å². The zero-order chi connectivity index (χ0) is 13.8. The topological polar surface area (TPSA) is 69.4 Å². The van der Waals surface area contributed by atoms with Crippen LogP contribution in [0.3, 0.4) is 0 Å². The van der Waals surface area contributed by atoms with Gasteiger partial charge in [0.2, 0.25) is 0 Å². The highest BCUT2D eigenvalue weighted by Crippen LogP contribution is 2.23. The second-order valence-electron chi connectivity index (χ2n) is 3.68. The maximum absolute atomic E-state index is 13.5. The van der Waals surface area contributed by atoms with E-state index >= 15 is 0 Å². The Morgan fingerprint density at radius 3 is 2.33 bits per heavy atom. The number of ether oxygens (including phenoxy) is 1. The van der Waals surface area contributed by atoms with Gasteiger partial charge >= 0.3 is 0 Å². The first-order valence-electron chi connectivity index (χ1n) is 5.43. The van der Waals surface area contributed by atoms with Gasteiger partial charge in [0.05, 0.1) is 5.75 Å². The van der Waals surface area contributed by atoms with Crippen LogP contribution in [0.25, 0.3) is 0 Å². The maximum Gasteiger partial charge on any atom is 0.184 e. The molecule has 1 rings (SSSR count). The first-order chi connectivity index (χ1) is 8.38. The molecule has 0 bridgehead atoms. The van der Waals surface area contributed by atoms with E-state index in [0.29, 0.717) is 6.61 Å². The van der Waals surface area contributed by atoms with Gasteiger partial charge in [-0.1, -0.05) is 0 Å². The summed E-state index contributed by atoms with van der Waals surface area (Å²) in [5.74, 6) is -2.70. The Balaban J connectivity index is 2.92. The lowest BCUT2D eigenvalue weighted by Crippen LogP contribution is -2.13. The fourth-order valence-corrected chi connectivity index (χ4v) is 2.89. The zero-order valence-corrected chi connectivity index (χ0v) is 10.8. The fraction of sp³-hybridized carbons (Fsp3) is 0.455. The van der Waals surface area contributed by atoms with E-state index in [2.05, 4.69) is 0 Å². The summed E-state index contributed by atoms with van der Waals surface area (Å²) in [5, 5.41) is 0. The monoisotopic (exact) mass is 279 g/mol. The average molecular weight is 279 g/mol. The van der Waals surface area contributed by atoms with Crippen molar-refractivity contribution in [3.63, 3.8) is 0 Å². The quantitative estimate of drug-likeness (QED) is 0.636. The molecule has 2 N–H and O–H groups in total. The second kappa shape index (κ2) is 6.10. The van der Waals surface area contributed by atoms with Gasteiger partial charge in [-0.2, -0.15) is 0 Å². The lowest BCUT2D eigenvalue weighted by molar-refractivity contribution is 0.148. The maximum atomic E-state index is 13.5. The van der Waals surface area contributed by atoms with E-state index in [0.717, 1.165) is 12.1 Å². The molecule has 0 amide bonds. The molecule has 102 valence electrons. The minimum atomic E-state index is -4.00. The van der Waals surface area contributed by atoms with Crippen molar-refractivity contribution in [3.8, 4) is 0 Å². The van der Waals surface area contributed by atoms with Crippen LogP contribution in [0.2, 0.25) is 0 Å². The van der Waals surface area contributed by atoms with E-state index in [4.69, 9.17) is 10.5 Å². The molecule has 0 atom stereocenters. The molecule has 0 aromatic heterocycles. The van der Waals surface area contributed by atoms with Gasteiger partial charge in [-0.15, -0.1) is 0 Å². The molecule has 0 saturated heterocycles. The largest absolute Gasteiger partial charge is 0.399 e. The van der Waals surface area contributed by atoms with E-state index in [9.17, 15) is 17.2 Å². The Kier molecular flexibility index (Phi) is 5.03. The first kappa shape index (κ1) is 14.8. The lowest BCUT2D eigenvalue weighted by atomic mass is 10.3. The highest BCUT2D eigenvalue weighted by molar-refractivity contribution is 7.91. The van der Waals surface area contributed by atoms with Gasteiger partial charge in [0.1, 0.15) is 16.5 Å². The Morgan fingerprint density at radius 1 is 1.28 bits per heavy atom. The number of nitrogen functional groups attached to an aromatic ring is 1. The van der Waals surface area contributed by atoms with E-state index in [1.807, 2.05) is 0 Å². The Morgan fingerprint density at radius 2 is 1.83 bits per heavy atom. The molecule has 0 fully saturated rings. The van der Waals surface area contributed by atoms with Crippen LogP contribution in [0, 0.1) is 11.6 Å². The molecule has 0 spiro atoms. The van der Waals surface area contributed by atoms with Crippen molar-refractivity contribution in [3.05, 3.63) is 23.8 Å². The Bertz CT molecular complexity index is 494. The van der Waals surface area contributed by atoms with Crippen LogP contribution in [-0.4, -0.2) is 27.4 Å². The minimum absolute atomic E-state index is 0.154. The van der Waals surface area contributed by atoms with Gasteiger partial charge in [-0.3, -0.25) is 0 Å². The van der Waals surface area contributed by atoms with Crippen LogP contribution in [0.1, 0.15) is 13.3 Å². The van der Waals surface area contributed by atoms with Crippen molar-refractivity contribution in [1.82, 2.24) is 0 Å². The molecule has 0 aliphatic rings. The fourth-order valence-electron chi connectivity index (χ4n) is 1.47. The van der Waals surface area contributed by atoms with E-state index in [1.54, 1.807) is 6.92 Å². The van der Waals surface area contributed by atoms with Crippen molar-refractivity contribution in [2.75, 3.05) is 24.7 Å². The van der Waals surface area contributed by atoms with Crippen LogP contribution < -0.4 is 5.73 Å². The number of rotatable bonds is 6. The molecule has 0 radical (unpaired) electrons. The Labute approximate surface area is 105 Å². The van der Waals surface area contributed by atoms with Crippen LogP contribution >= 0.6 is 0 Å². The van der Waals surface area contributed by atoms with E-state index < -0.39 is 26.4 Å². The van der Waals surface area contributed by atoms with Crippen LogP contribution in [-0.2, 0) is 14.6 Å². The zero-order valence-electron chi connectivity index (χ0n) is 9.95. The summed E-state index contributed by atoms with van der Waals surface area (Å²) in [6, 6.07) is 1.58. The van der Waals surface area contributed by atoms with Gasteiger partial charge in [0.15, 0.2) is 9.84 Å². The predicted molar refractivity (Wildman–Crippen MR) is 63.9 cm³/mol. The first-order valence-corrected chi connectivity index (χ1v) is 7.08. The molecule has 18 heavy (non-hydrogen) atoms. The summed E-state index contributed by atoms with van der Waals surface area (Å²) in [5.41, 5.74) is 5.06. The third kappa shape index (κ3) is 3.64. The number of hydrogen-bond acceptors (Lipinski definition) is 4. The molecule has 0 aliphatic carbocycles. The lowest BCUT2D eigenvalue weighted by Gasteiger charge is -2.08. The number of nitrogens with two attached hydrogens (primary N) is 1. The number of benzene rings is 1.